The summed E-state index contributed by atoms with van der Waals surface area (Å²) < 4.78 is 20.1. The number of rotatable bonds is 5. The van der Waals surface area contributed by atoms with Gasteiger partial charge < -0.3 is 14.4 Å². The second-order valence-electron chi connectivity index (χ2n) is 6.84. The predicted molar refractivity (Wildman–Crippen MR) is 104 cm³/mol. The van der Waals surface area contributed by atoms with Crippen LogP contribution in [0.4, 0.5) is 4.39 Å². The molecule has 1 unspecified atom stereocenters. The van der Waals surface area contributed by atoms with E-state index in [4.69, 9.17) is 4.42 Å². The second kappa shape index (κ2) is 7.39. The number of furan rings is 1. The summed E-state index contributed by atoms with van der Waals surface area (Å²) in [6.07, 6.45) is 0. The van der Waals surface area contributed by atoms with Gasteiger partial charge in [0.1, 0.15) is 11.6 Å². The van der Waals surface area contributed by atoms with Gasteiger partial charge >= 0.3 is 0 Å². The average Bonchev–Trinajstić information content (AvgIpc) is 3.26. The standard InChI is InChI=1S/C23H18FNO4/c1-14-11-12-18(29-14)21(26)19-20(16-9-5-6-10-17(16)24)25(23(28)22(19)27)13-15-7-3-2-4-8-15/h2-12,20,27H,13H2,1H3. The molecule has 0 saturated carbocycles. The van der Waals surface area contributed by atoms with Gasteiger partial charge in [0.25, 0.3) is 5.91 Å². The number of hydrogen-bond acceptors (Lipinski definition) is 4. The fourth-order valence-corrected chi connectivity index (χ4v) is 3.54. The highest BCUT2D eigenvalue weighted by Gasteiger charge is 2.45. The van der Waals surface area contributed by atoms with Gasteiger partial charge in [0, 0.05) is 12.1 Å². The summed E-state index contributed by atoms with van der Waals surface area (Å²) in [4.78, 5) is 27.3. The summed E-state index contributed by atoms with van der Waals surface area (Å²) >= 11 is 0. The van der Waals surface area contributed by atoms with Crippen LogP contribution in [0.1, 0.15) is 33.5 Å². The Morgan fingerprint density at radius 3 is 2.41 bits per heavy atom. The van der Waals surface area contributed by atoms with Crippen molar-refractivity contribution < 1.29 is 23.5 Å². The molecule has 0 radical (unpaired) electrons. The van der Waals surface area contributed by atoms with E-state index in [9.17, 15) is 19.1 Å². The van der Waals surface area contributed by atoms with Gasteiger partial charge in [0.15, 0.2) is 11.5 Å². The molecule has 3 aromatic rings. The van der Waals surface area contributed by atoms with E-state index in [2.05, 4.69) is 0 Å². The van der Waals surface area contributed by atoms with Gasteiger partial charge in [-0.3, -0.25) is 9.59 Å². The van der Waals surface area contributed by atoms with E-state index >= 15 is 0 Å². The van der Waals surface area contributed by atoms with Gasteiger partial charge in [0.05, 0.1) is 11.6 Å². The lowest BCUT2D eigenvalue weighted by atomic mass is 9.94. The van der Waals surface area contributed by atoms with Crippen molar-refractivity contribution in [2.24, 2.45) is 0 Å². The molecule has 1 atom stereocenters. The van der Waals surface area contributed by atoms with E-state index in [1.54, 1.807) is 19.1 Å². The maximum Gasteiger partial charge on any atom is 0.290 e. The van der Waals surface area contributed by atoms with Crippen molar-refractivity contribution in [2.75, 3.05) is 0 Å². The molecule has 0 bridgehead atoms. The molecule has 1 aromatic heterocycles. The summed E-state index contributed by atoms with van der Waals surface area (Å²) in [5, 5.41) is 10.6. The lowest BCUT2D eigenvalue weighted by Gasteiger charge is -2.27. The van der Waals surface area contributed by atoms with E-state index in [0.29, 0.717) is 5.76 Å². The van der Waals surface area contributed by atoms with E-state index < -0.39 is 29.3 Å². The fraction of sp³-hybridized carbons (Fsp3) is 0.130. The number of ketones is 1. The topological polar surface area (TPSA) is 70.8 Å². The first-order valence-electron chi connectivity index (χ1n) is 9.11. The Morgan fingerprint density at radius 1 is 1.07 bits per heavy atom. The van der Waals surface area contributed by atoms with Crippen molar-refractivity contribution in [3.05, 3.63) is 107 Å². The summed E-state index contributed by atoms with van der Waals surface area (Å²) in [7, 11) is 0. The van der Waals surface area contributed by atoms with Crippen molar-refractivity contribution in [2.45, 2.75) is 19.5 Å². The third kappa shape index (κ3) is 3.33. The molecule has 4 rings (SSSR count). The Balaban J connectivity index is 1.82. The number of amides is 1. The number of aliphatic hydroxyl groups is 1. The Bertz CT molecular complexity index is 1120. The molecular formula is C23H18FNO4. The number of aliphatic hydroxyl groups excluding tert-OH is 1. The molecule has 29 heavy (non-hydrogen) atoms. The fourth-order valence-electron chi connectivity index (χ4n) is 3.54. The van der Waals surface area contributed by atoms with Crippen molar-refractivity contribution in [1.29, 1.82) is 0 Å². The Kier molecular flexibility index (Phi) is 4.76. The zero-order valence-corrected chi connectivity index (χ0v) is 15.6. The molecule has 0 fully saturated rings. The first kappa shape index (κ1) is 18.7. The maximum atomic E-state index is 14.7. The maximum absolute atomic E-state index is 14.7. The normalized spacial score (nSPS) is 16.6. The van der Waals surface area contributed by atoms with Crippen LogP contribution < -0.4 is 0 Å². The largest absolute Gasteiger partial charge is 0.503 e. The molecular weight excluding hydrogens is 373 g/mol. The van der Waals surface area contributed by atoms with Crippen molar-refractivity contribution in [1.82, 2.24) is 4.90 Å². The lowest BCUT2D eigenvalue weighted by molar-refractivity contribution is -0.130. The Morgan fingerprint density at radius 2 is 1.76 bits per heavy atom. The number of carbonyl (C=O) groups is 2. The quantitative estimate of drug-likeness (QED) is 0.650. The van der Waals surface area contributed by atoms with Gasteiger partial charge in [0.2, 0.25) is 5.78 Å². The van der Waals surface area contributed by atoms with Crippen LogP contribution in [-0.2, 0) is 11.3 Å². The van der Waals surface area contributed by atoms with E-state index in [1.807, 2.05) is 30.3 Å². The minimum atomic E-state index is -1.07. The number of aryl methyl sites for hydroxylation is 1. The van der Waals surface area contributed by atoms with Gasteiger partial charge in [-0.1, -0.05) is 48.5 Å². The Labute approximate surface area is 166 Å². The van der Waals surface area contributed by atoms with Crippen LogP contribution in [0, 0.1) is 12.7 Å². The van der Waals surface area contributed by atoms with Crippen molar-refractivity contribution in [3.8, 4) is 0 Å². The molecule has 1 aliphatic heterocycles. The molecule has 6 heteroatoms. The third-order valence-corrected chi connectivity index (χ3v) is 4.91. The molecule has 0 saturated heterocycles. The molecule has 0 spiro atoms. The molecule has 2 aromatic carbocycles. The van der Waals surface area contributed by atoms with Crippen molar-refractivity contribution in [3.63, 3.8) is 0 Å². The number of benzene rings is 2. The zero-order valence-electron chi connectivity index (χ0n) is 15.6. The highest BCUT2D eigenvalue weighted by molar-refractivity contribution is 6.15. The number of hydrogen-bond donors (Lipinski definition) is 1. The third-order valence-electron chi connectivity index (χ3n) is 4.91. The van der Waals surface area contributed by atoms with Gasteiger partial charge in [-0.15, -0.1) is 0 Å². The van der Waals surface area contributed by atoms with Crippen LogP contribution in [0.25, 0.3) is 0 Å². The second-order valence-corrected chi connectivity index (χ2v) is 6.84. The molecule has 2 heterocycles. The highest BCUT2D eigenvalue weighted by atomic mass is 19.1. The van der Waals surface area contributed by atoms with Crippen LogP contribution in [-0.4, -0.2) is 21.7 Å². The smallest absolute Gasteiger partial charge is 0.290 e. The Hall–Kier alpha value is -3.67. The summed E-state index contributed by atoms with van der Waals surface area (Å²) in [6, 6.07) is 17.0. The van der Waals surface area contributed by atoms with Crippen molar-refractivity contribution >= 4 is 11.7 Å². The molecule has 1 amide bonds. The summed E-state index contributed by atoms with van der Waals surface area (Å²) in [6.45, 7) is 1.79. The summed E-state index contributed by atoms with van der Waals surface area (Å²) in [5.41, 5.74) is 0.732. The van der Waals surface area contributed by atoms with Crippen LogP contribution in [0.3, 0.4) is 0 Å². The number of Topliss-reactive ketones (excluding diaryl/α,β-unsaturated/α-hetero) is 1. The van der Waals surface area contributed by atoms with Gasteiger partial charge in [-0.25, -0.2) is 4.39 Å². The highest BCUT2D eigenvalue weighted by Crippen LogP contribution is 2.40. The zero-order chi connectivity index (χ0) is 20.5. The number of carbonyl (C=O) groups excluding carboxylic acids is 2. The van der Waals surface area contributed by atoms with Crippen LogP contribution in [0.15, 0.2) is 82.5 Å². The van der Waals surface area contributed by atoms with Crippen LogP contribution >= 0.6 is 0 Å². The van der Waals surface area contributed by atoms with E-state index in [-0.39, 0.29) is 23.4 Å². The first-order chi connectivity index (χ1) is 14.0. The SMILES string of the molecule is Cc1ccc(C(=O)C2=C(O)C(=O)N(Cc3ccccc3)C2c2ccccc2F)o1. The number of halogens is 1. The number of nitrogens with zero attached hydrogens (tertiary/aromatic N) is 1. The average molecular weight is 391 g/mol. The monoisotopic (exact) mass is 391 g/mol. The van der Waals surface area contributed by atoms with Crippen LogP contribution in [0.2, 0.25) is 0 Å². The van der Waals surface area contributed by atoms with Gasteiger partial charge in [-0.2, -0.15) is 0 Å². The molecule has 1 aliphatic rings. The predicted octanol–water partition coefficient (Wildman–Crippen LogP) is 4.51. The molecule has 0 aliphatic carbocycles. The van der Waals surface area contributed by atoms with Crippen LogP contribution in [0.5, 0.6) is 0 Å². The lowest BCUT2D eigenvalue weighted by Crippen LogP contribution is -2.31. The molecule has 5 nitrogen and oxygen atoms in total. The van der Waals surface area contributed by atoms with E-state index in [1.165, 1.54) is 29.2 Å². The first-order valence-corrected chi connectivity index (χ1v) is 9.11. The van der Waals surface area contributed by atoms with Gasteiger partial charge in [-0.05, 0) is 30.7 Å². The minimum Gasteiger partial charge on any atom is -0.503 e. The van der Waals surface area contributed by atoms with E-state index in [0.717, 1.165) is 5.56 Å². The minimum absolute atomic E-state index is 0.0141. The molecule has 146 valence electrons. The summed E-state index contributed by atoms with van der Waals surface area (Å²) in [5.74, 6) is -2.13. The molecule has 1 N–H and O–H groups in total.